The van der Waals surface area contributed by atoms with Crippen molar-refractivity contribution < 1.29 is 17.8 Å². The van der Waals surface area contributed by atoms with Gasteiger partial charge in [-0.15, -0.1) is 0 Å². The molecule has 9 heteroatoms. The highest BCUT2D eigenvalue weighted by Gasteiger charge is 2.29. The van der Waals surface area contributed by atoms with Gasteiger partial charge in [-0.1, -0.05) is 29.3 Å². The Balaban J connectivity index is 1.94. The van der Waals surface area contributed by atoms with Crippen LogP contribution in [0, 0.1) is 0 Å². The van der Waals surface area contributed by atoms with Crippen molar-refractivity contribution >= 4 is 56.7 Å². The Hall–Kier alpha value is -2.19. The number of hydrogen-bond acceptors (Lipinski definition) is 4. The average molecular weight is 411 g/mol. The van der Waals surface area contributed by atoms with Crippen LogP contribution in [0.25, 0.3) is 6.08 Å². The molecule has 0 radical (unpaired) electrons. The van der Waals surface area contributed by atoms with Crippen molar-refractivity contribution in [2.45, 2.75) is 11.8 Å². The first-order valence-electron chi connectivity index (χ1n) is 7.31. The minimum absolute atomic E-state index is 0.266. The van der Waals surface area contributed by atoms with Gasteiger partial charge >= 0.3 is 0 Å². The predicted molar refractivity (Wildman–Crippen MR) is 101 cm³/mol. The van der Waals surface area contributed by atoms with Crippen LogP contribution in [0.2, 0.25) is 10.0 Å². The number of carbonyl (C=O) groups excluding carboxylic acids is 1. The maximum atomic E-state index is 12.7. The molecular formula is C17H12Cl2N2O4S. The summed E-state index contributed by atoms with van der Waals surface area (Å²) in [5.41, 5.74) is 1.83. The molecule has 2 aromatic rings. The van der Waals surface area contributed by atoms with Crippen LogP contribution in [0.1, 0.15) is 12.5 Å². The van der Waals surface area contributed by atoms with E-state index in [0.29, 0.717) is 32.6 Å². The van der Waals surface area contributed by atoms with Crippen LogP contribution < -0.4 is 5.01 Å². The van der Waals surface area contributed by atoms with Gasteiger partial charge in [0.1, 0.15) is 0 Å². The van der Waals surface area contributed by atoms with Crippen molar-refractivity contribution in [1.82, 2.24) is 0 Å². The predicted octanol–water partition coefficient (Wildman–Crippen LogP) is 4.05. The van der Waals surface area contributed by atoms with Crippen LogP contribution in [0.3, 0.4) is 0 Å². The zero-order chi connectivity index (χ0) is 19.1. The highest BCUT2D eigenvalue weighted by atomic mass is 35.5. The van der Waals surface area contributed by atoms with Gasteiger partial charge in [-0.05, 0) is 55.0 Å². The van der Waals surface area contributed by atoms with Crippen molar-refractivity contribution in [2.75, 3.05) is 5.01 Å². The first kappa shape index (κ1) is 18.6. The van der Waals surface area contributed by atoms with Crippen molar-refractivity contribution in [3.8, 4) is 0 Å². The first-order valence-corrected chi connectivity index (χ1v) is 9.51. The number of nitrogens with zero attached hydrogens (tertiary/aromatic N) is 2. The van der Waals surface area contributed by atoms with Gasteiger partial charge in [0, 0.05) is 10.0 Å². The second-order valence-corrected chi connectivity index (χ2v) is 7.76. The summed E-state index contributed by atoms with van der Waals surface area (Å²) >= 11 is 12.0. The van der Waals surface area contributed by atoms with E-state index in [-0.39, 0.29) is 10.8 Å². The molecule has 2 aromatic carbocycles. The smallest absolute Gasteiger partial charge is 0.282 e. The number of halogens is 2. The molecule has 0 aliphatic carbocycles. The molecule has 3 rings (SSSR count). The molecule has 1 N–H and O–H groups in total. The molecule has 0 saturated heterocycles. The van der Waals surface area contributed by atoms with Crippen molar-refractivity contribution in [1.29, 1.82) is 0 Å². The molecular weight excluding hydrogens is 399 g/mol. The van der Waals surface area contributed by atoms with Gasteiger partial charge in [0.15, 0.2) is 0 Å². The first-order chi connectivity index (χ1) is 12.2. The van der Waals surface area contributed by atoms with Gasteiger partial charge in [0.05, 0.1) is 21.9 Å². The van der Waals surface area contributed by atoms with Gasteiger partial charge < -0.3 is 0 Å². The fraction of sp³-hybridized carbons (Fsp3) is 0.0588. The molecule has 0 bridgehead atoms. The third kappa shape index (κ3) is 3.66. The number of rotatable bonds is 3. The largest absolute Gasteiger partial charge is 0.294 e. The SMILES string of the molecule is CC1=NN(c2ccc(S(=O)(=O)O)cc2)C(=O)C1=Cc1ccc(Cl)cc1Cl. The standard InChI is InChI=1S/C17H12Cl2N2O4S/c1-10-15(8-11-2-3-12(18)9-16(11)19)17(22)21(20-10)13-4-6-14(7-5-13)26(23,24)25/h2-9H,1H3,(H,23,24,25). The molecule has 0 unspecified atom stereocenters. The number of hydrazone groups is 1. The molecule has 0 aromatic heterocycles. The van der Waals surface area contributed by atoms with E-state index in [1.165, 1.54) is 24.3 Å². The maximum Gasteiger partial charge on any atom is 0.294 e. The van der Waals surface area contributed by atoms with Gasteiger partial charge in [-0.25, -0.2) is 0 Å². The normalized spacial score (nSPS) is 16.3. The molecule has 134 valence electrons. The lowest BCUT2D eigenvalue weighted by molar-refractivity contribution is -0.114. The molecule has 0 saturated carbocycles. The lowest BCUT2D eigenvalue weighted by Crippen LogP contribution is -2.21. The zero-order valence-corrected chi connectivity index (χ0v) is 15.7. The third-order valence-corrected chi connectivity index (χ3v) is 5.13. The Morgan fingerprint density at radius 3 is 2.35 bits per heavy atom. The number of benzene rings is 2. The lowest BCUT2D eigenvalue weighted by atomic mass is 10.1. The van der Waals surface area contributed by atoms with E-state index < -0.39 is 10.1 Å². The van der Waals surface area contributed by atoms with E-state index in [4.69, 9.17) is 27.8 Å². The van der Waals surface area contributed by atoms with Crippen LogP contribution in [0.15, 0.2) is 58.0 Å². The quantitative estimate of drug-likeness (QED) is 0.610. The summed E-state index contributed by atoms with van der Waals surface area (Å²) < 4.78 is 31.2. The van der Waals surface area contributed by atoms with Gasteiger partial charge in [0.2, 0.25) is 0 Å². The van der Waals surface area contributed by atoms with E-state index in [1.807, 2.05) is 0 Å². The van der Waals surface area contributed by atoms with Crippen molar-refractivity contribution in [2.24, 2.45) is 5.10 Å². The lowest BCUT2D eigenvalue weighted by Gasteiger charge is -2.12. The summed E-state index contributed by atoms with van der Waals surface area (Å²) in [4.78, 5) is 12.4. The fourth-order valence-corrected chi connectivity index (χ4v) is 3.34. The van der Waals surface area contributed by atoms with E-state index in [0.717, 1.165) is 5.01 Å². The Labute approximate surface area is 160 Å². The van der Waals surface area contributed by atoms with Crippen LogP contribution in [-0.4, -0.2) is 24.6 Å². The molecule has 1 aliphatic rings. The van der Waals surface area contributed by atoms with Crippen molar-refractivity contribution in [3.63, 3.8) is 0 Å². The summed E-state index contributed by atoms with van der Waals surface area (Å²) in [7, 11) is -4.30. The fourth-order valence-electron chi connectivity index (χ4n) is 2.39. The summed E-state index contributed by atoms with van der Waals surface area (Å²) in [5.74, 6) is -0.381. The summed E-state index contributed by atoms with van der Waals surface area (Å²) in [6, 6.07) is 10.1. The van der Waals surface area contributed by atoms with E-state index in [1.54, 1.807) is 31.2 Å². The van der Waals surface area contributed by atoms with Crippen molar-refractivity contribution in [3.05, 3.63) is 63.6 Å². The van der Waals surface area contributed by atoms with E-state index in [9.17, 15) is 13.2 Å². The summed E-state index contributed by atoms with van der Waals surface area (Å²) in [5, 5.41) is 6.25. The topological polar surface area (TPSA) is 87.0 Å². The molecule has 26 heavy (non-hydrogen) atoms. The molecule has 1 heterocycles. The van der Waals surface area contributed by atoms with Gasteiger partial charge in [0.25, 0.3) is 16.0 Å². The minimum atomic E-state index is -4.30. The van der Waals surface area contributed by atoms with E-state index in [2.05, 4.69) is 5.10 Å². The van der Waals surface area contributed by atoms with Crippen LogP contribution in [-0.2, 0) is 14.9 Å². The number of hydrogen-bond donors (Lipinski definition) is 1. The number of anilines is 1. The third-order valence-electron chi connectivity index (χ3n) is 3.70. The molecule has 0 fully saturated rings. The Bertz CT molecular complexity index is 1060. The van der Waals surface area contributed by atoms with Crippen LogP contribution in [0.5, 0.6) is 0 Å². The highest BCUT2D eigenvalue weighted by molar-refractivity contribution is 7.85. The second kappa shape index (κ2) is 6.85. The molecule has 1 aliphatic heterocycles. The minimum Gasteiger partial charge on any atom is -0.282 e. The molecule has 1 amide bonds. The Kier molecular flexibility index (Phi) is 4.90. The molecule has 0 atom stereocenters. The van der Waals surface area contributed by atoms with Crippen LogP contribution >= 0.6 is 23.2 Å². The Morgan fingerprint density at radius 2 is 1.77 bits per heavy atom. The number of amides is 1. The Morgan fingerprint density at radius 1 is 1.12 bits per heavy atom. The van der Waals surface area contributed by atoms with Gasteiger partial charge in [-0.3, -0.25) is 9.35 Å². The second-order valence-electron chi connectivity index (χ2n) is 5.50. The van der Waals surface area contributed by atoms with Crippen LogP contribution in [0.4, 0.5) is 5.69 Å². The van der Waals surface area contributed by atoms with Gasteiger partial charge in [-0.2, -0.15) is 18.5 Å². The highest BCUT2D eigenvalue weighted by Crippen LogP contribution is 2.28. The maximum absolute atomic E-state index is 12.7. The molecule has 6 nitrogen and oxygen atoms in total. The monoisotopic (exact) mass is 410 g/mol. The summed E-state index contributed by atoms with van der Waals surface area (Å²) in [6.45, 7) is 1.68. The zero-order valence-electron chi connectivity index (χ0n) is 13.3. The number of carbonyl (C=O) groups is 1. The molecule has 0 spiro atoms. The average Bonchev–Trinajstić information content (AvgIpc) is 2.84. The summed E-state index contributed by atoms with van der Waals surface area (Å²) in [6.07, 6.45) is 1.62. The van der Waals surface area contributed by atoms with E-state index >= 15 is 0 Å².